The fraction of sp³-hybridized carbons (Fsp3) is 0.0588. The number of nitrogens with one attached hydrogen (secondary N) is 3. The first-order valence-corrected chi connectivity index (χ1v) is 8.72. The molecule has 3 amide bonds. The summed E-state index contributed by atoms with van der Waals surface area (Å²) in [5.74, 6) is -0.365. The molecular weight excluding hydrogens is 342 g/mol. The lowest BCUT2D eigenvalue weighted by molar-refractivity contribution is -0.112. The second-order valence-corrected chi connectivity index (χ2v) is 6.87. The van der Waals surface area contributed by atoms with Gasteiger partial charge in [0.15, 0.2) is 0 Å². The van der Waals surface area contributed by atoms with Gasteiger partial charge in [0, 0.05) is 16.9 Å². The minimum atomic E-state index is -4.03. The molecule has 25 heavy (non-hydrogen) atoms. The van der Waals surface area contributed by atoms with E-state index in [2.05, 4.69) is 17.2 Å². The van der Waals surface area contributed by atoms with Crippen LogP contribution in [-0.4, -0.2) is 20.4 Å². The number of sulfonamides is 1. The first-order chi connectivity index (χ1) is 11.8. The molecule has 0 saturated carbocycles. The molecule has 0 spiro atoms. The molecule has 2 aromatic carbocycles. The van der Waals surface area contributed by atoms with Crippen LogP contribution in [0.25, 0.3) is 0 Å². The van der Waals surface area contributed by atoms with Gasteiger partial charge in [0.25, 0.3) is 15.9 Å². The summed E-state index contributed by atoms with van der Waals surface area (Å²) in [6.45, 7) is 5.07. The molecule has 0 saturated heterocycles. The summed E-state index contributed by atoms with van der Waals surface area (Å²) in [6.07, 6.45) is 0. The Labute approximate surface area is 145 Å². The number of hydrogen-bond donors (Lipinski definition) is 3. The minimum absolute atomic E-state index is 0.107. The van der Waals surface area contributed by atoms with E-state index in [0.29, 0.717) is 16.9 Å². The number of hydrogen-bond acceptors (Lipinski definition) is 4. The summed E-state index contributed by atoms with van der Waals surface area (Å²) in [6, 6.07) is 13.0. The van der Waals surface area contributed by atoms with Crippen LogP contribution in [0.1, 0.15) is 6.92 Å². The highest BCUT2D eigenvalue weighted by atomic mass is 32.2. The highest BCUT2D eigenvalue weighted by Crippen LogP contribution is 2.15. The van der Waals surface area contributed by atoms with E-state index in [-0.39, 0.29) is 10.8 Å². The maximum atomic E-state index is 12.2. The Morgan fingerprint density at radius 1 is 0.880 bits per heavy atom. The molecule has 0 heterocycles. The summed E-state index contributed by atoms with van der Waals surface area (Å²) < 4.78 is 26.3. The van der Waals surface area contributed by atoms with Gasteiger partial charge in [-0.2, -0.15) is 0 Å². The van der Waals surface area contributed by atoms with E-state index in [4.69, 9.17) is 0 Å². The Morgan fingerprint density at radius 2 is 1.44 bits per heavy atom. The maximum Gasteiger partial charge on any atom is 0.333 e. The van der Waals surface area contributed by atoms with Gasteiger partial charge in [-0.25, -0.2) is 17.9 Å². The highest BCUT2D eigenvalue weighted by molar-refractivity contribution is 7.90. The molecule has 0 bridgehead atoms. The van der Waals surface area contributed by atoms with E-state index in [1.54, 1.807) is 37.3 Å². The highest BCUT2D eigenvalue weighted by Gasteiger charge is 2.17. The van der Waals surface area contributed by atoms with Crippen LogP contribution in [0.5, 0.6) is 0 Å². The molecule has 8 heteroatoms. The second-order valence-electron chi connectivity index (χ2n) is 5.18. The maximum absolute atomic E-state index is 12.2. The molecule has 130 valence electrons. The van der Waals surface area contributed by atoms with Crippen molar-refractivity contribution < 1.29 is 18.0 Å². The zero-order chi connectivity index (χ0) is 18.4. The number of urea groups is 1. The van der Waals surface area contributed by atoms with E-state index in [1.165, 1.54) is 24.3 Å². The lowest BCUT2D eigenvalue weighted by atomic mass is 10.3. The van der Waals surface area contributed by atoms with Crippen molar-refractivity contribution >= 4 is 33.3 Å². The summed E-state index contributed by atoms with van der Waals surface area (Å²) in [5.41, 5.74) is 1.21. The van der Waals surface area contributed by atoms with Gasteiger partial charge in [-0.15, -0.1) is 0 Å². The van der Waals surface area contributed by atoms with E-state index < -0.39 is 16.1 Å². The van der Waals surface area contributed by atoms with Gasteiger partial charge in [0.1, 0.15) is 0 Å². The normalized spacial score (nSPS) is 10.6. The predicted octanol–water partition coefficient (Wildman–Crippen LogP) is 2.71. The first-order valence-electron chi connectivity index (χ1n) is 7.24. The fourth-order valence-corrected chi connectivity index (χ4v) is 2.72. The van der Waals surface area contributed by atoms with Crippen molar-refractivity contribution in [2.45, 2.75) is 11.8 Å². The number of benzene rings is 2. The van der Waals surface area contributed by atoms with Crippen LogP contribution < -0.4 is 15.4 Å². The van der Waals surface area contributed by atoms with Gasteiger partial charge < -0.3 is 10.6 Å². The lowest BCUT2D eigenvalue weighted by Crippen LogP contribution is -2.34. The van der Waals surface area contributed by atoms with Crippen LogP contribution in [0.2, 0.25) is 0 Å². The van der Waals surface area contributed by atoms with Crippen LogP contribution in [0.4, 0.5) is 16.2 Å². The zero-order valence-corrected chi connectivity index (χ0v) is 14.3. The largest absolute Gasteiger partial charge is 0.333 e. The molecule has 2 rings (SSSR count). The topological polar surface area (TPSA) is 104 Å². The van der Waals surface area contributed by atoms with Crippen LogP contribution in [0, 0.1) is 0 Å². The summed E-state index contributed by atoms with van der Waals surface area (Å²) in [5, 5.41) is 4.98. The predicted molar refractivity (Wildman–Crippen MR) is 95.7 cm³/mol. The fourth-order valence-electron chi connectivity index (χ4n) is 1.81. The van der Waals surface area contributed by atoms with Gasteiger partial charge in [-0.05, 0) is 43.3 Å². The molecule has 2 aromatic rings. The summed E-state index contributed by atoms with van der Waals surface area (Å²) in [7, 11) is -4.03. The smallest absolute Gasteiger partial charge is 0.322 e. The molecule has 0 aromatic heterocycles. The van der Waals surface area contributed by atoms with Crippen molar-refractivity contribution in [3.63, 3.8) is 0 Å². The zero-order valence-electron chi connectivity index (χ0n) is 13.4. The molecule has 0 unspecified atom stereocenters. The molecular formula is C17H17N3O4S. The minimum Gasteiger partial charge on any atom is -0.322 e. The van der Waals surface area contributed by atoms with Crippen molar-refractivity contribution in [2.75, 3.05) is 10.6 Å². The SMILES string of the molecule is C=C(C)C(=O)Nc1ccc(S(=O)(=O)NC(=O)Nc2ccccc2)cc1. The number of amides is 3. The van der Waals surface area contributed by atoms with E-state index >= 15 is 0 Å². The number of rotatable bonds is 5. The standard InChI is InChI=1S/C17H17N3O4S/c1-12(2)16(21)18-14-8-10-15(11-9-14)25(23,24)20-17(22)19-13-6-4-3-5-7-13/h3-11H,1H2,2H3,(H,18,21)(H2,19,20,22). The number of anilines is 2. The van der Waals surface area contributed by atoms with E-state index in [0.717, 1.165) is 0 Å². The van der Waals surface area contributed by atoms with Gasteiger partial charge in [-0.3, -0.25) is 4.79 Å². The average molecular weight is 359 g/mol. The third-order valence-corrected chi connectivity index (χ3v) is 4.42. The number of carbonyl (C=O) groups is 2. The Hall–Kier alpha value is -3.13. The quantitative estimate of drug-likeness (QED) is 0.714. The first kappa shape index (κ1) is 18.2. The third-order valence-electron chi connectivity index (χ3n) is 3.07. The second kappa shape index (κ2) is 7.63. The molecule has 0 aliphatic carbocycles. The lowest BCUT2D eigenvalue weighted by Gasteiger charge is -2.09. The van der Waals surface area contributed by atoms with Crippen molar-refractivity contribution in [3.8, 4) is 0 Å². The van der Waals surface area contributed by atoms with Gasteiger partial charge in [0.05, 0.1) is 4.90 Å². The van der Waals surface area contributed by atoms with Crippen molar-refractivity contribution in [1.82, 2.24) is 4.72 Å². The number of carbonyl (C=O) groups excluding carboxylic acids is 2. The molecule has 0 aliphatic rings. The van der Waals surface area contributed by atoms with Crippen LogP contribution in [-0.2, 0) is 14.8 Å². The molecule has 3 N–H and O–H groups in total. The average Bonchev–Trinajstić information content (AvgIpc) is 2.55. The Balaban J connectivity index is 2.05. The van der Waals surface area contributed by atoms with Gasteiger partial charge in [0.2, 0.25) is 0 Å². The molecule has 0 fully saturated rings. The Bertz CT molecular complexity index is 891. The van der Waals surface area contributed by atoms with Crippen LogP contribution in [0.3, 0.4) is 0 Å². The van der Waals surface area contributed by atoms with Crippen LogP contribution in [0.15, 0.2) is 71.6 Å². The summed E-state index contributed by atoms with van der Waals surface area (Å²) in [4.78, 5) is 23.2. The third kappa shape index (κ3) is 5.18. The monoisotopic (exact) mass is 359 g/mol. The molecule has 7 nitrogen and oxygen atoms in total. The molecule has 0 atom stereocenters. The van der Waals surface area contributed by atoms with Crippen molar-refractivity contribution in [3.05, 3.63) is 66.7 Å². The van der Waals surface area contributed by atoms with Gasteiger partial charge in [-0.1, -0.05) is 24.8 Å². The van der Waals surface area contributed by atoms with Crippen molar-refractivity contribution in [2.24, 2.45) is 0 Å². The van der Waals surface area contributed by atoms with Gasteiger partial charge >= 0.3 is 6.03 Å². The molecule has 0 radical (unpaired) electrons. The van der Waals surface area contributed by atoms with Crippen LogP contribution >= 0.6 is 0 Å². The summed E-state index contributed by atoms with van der Waals surface area (Å²) >= 11 is 0. The Morgan fingerprint density at radius 3 is 2.00 bits per heavy atom. The number of para-hydroxylation sites is 1. The van der Waals surface area contributed by atoms with E-state index in [1.807, 2.05) is 4.72 Å². The Kier molecular flexibility index (Phi) is 5.56. The molecule has 0 aliphatic heterocycles. The van der Waals surface area contributed by atoms with E-state index in [9.17, 15) is 18.0 Å². The van der Waals surface area contributed by atoms with Crippen molar-refractivity contribution in [1.29, 1.82) is 0 Å².